The molecule has 0 radical (unpaired) electrons. The maximum Gasteiger partial charge on any atom is 0.328 e. The molecule has 0 aliphatic heterocycles. The topological polar surface area (TPSA) is 95.5 Å². The number of amides is 3. The first-order chi connectivity index (χ1) is 6.91. The van der Waals surface area contributed by atoms with Gasteiger partial charge in [-0.25, -0.2) is 18.4 Å². The van der Waals surface area contributed by atoms with E-state index in [0.29, 0.717) is 12.2 Å². The summed E-state index contributed by atoms with van der Waals surface area (Å²) < 4.78 is 23.1. The fourth-order valence-electron chi connectivity index (χ4n) is 0.515. The third-order valence-corrected chi connectivity index (χ3v) is 1.03. The van der Waals surface area contributed by atoms with Gasteiger partial charge in [0.1, 0.15) is 0 Å². The van der Waals surface area contributed by atoms with Gasteiger partial charge in [-0.2, -0.15) is 0 Å². The van der Waals surface area contributed by atoms with E-state index in [1.165, 1.54) is 0 Å². The van der Waals surface area contributed by atoms with Crippen LogP contribution in [0.15, 0.2) is 12.2 Å². The monoisotopic (exact) mass is 222 g/mol. The number of nitrogens with one attached hydrogen (secondary N) is 2. The molecule has 0 saturated carbocycles. The molecular formula is C7H8F2N2O4. The van der Waals surface area contributed by atoms with Crippen LogP contribution in [0.2, 0.25) is 0 Å². The molecule has 0 aromatic heterocycles. The van der Waals surface area contributed by atoms with E-state index in [2.05, 4.69) is 0 Å². The van der Waals surface area contributed by atoms with Crippen LogP contribution < -0.4 is 10.6 Å². The van der Waals surface area contributed by atoms with Gasteiger partial charge in [-0.15, -0.1) is 0 Å². The van der Waals surface area contributed by atoms with Gasteiger partial charge in [0, 0.05) is 12.2 Å². The Morgan fingerprint density at radius 3 is 2.33 bits per heavy atom. The standard InChI is InChI=1S/C7H8F2N2O4/c8-4(9)3-10-7(15)11-5(12)1-2-6(13)14/h1-2,4H,3H2,(H,13,14)(H2,10,11,12,15)/b2-1+. The van der Waals surface area contributed by atoms with E-state index in [0.717, 1.165) is 0 Å². The number of carbonyl (C=O) groups excluding carboxylic acids is 2. The highest BCUT2D eigenvalue weighted by Crippen LogP contribution is 1.87. The van der Waals surface area contributed by atoms with Crippen molar-refractivity contribution in [3.05, 3.63) is 12.2 Å². The molecular weight excluding hydrogens is 214 g/mol. The second-order valence-electron chi connectivity index (χ2n) is 2.26. The highest BCUT2D eigenvalue weighted by molar-refractivity contribution is 6.02. The highest BCUT2D eigenvalue weighted by Gasteiger charge is 2.07. The number of hydrogen-bond donors (Lipinski definition) is 3. The molecule has 15 heavy (non-hydrogen) atoms. The molecule has 8 heteroatoms. The van der Waals surface area contributed by atoms with Gasteiger partial charge in [-0.1, -0.05) is 0 Å². The predicted octanol–water partition coefficient (Wildman–Crippen LogP) is -0.282. The van der Waals surface area contributed by atoms with Crippen LogP contribution in [-0.4, -0.2) is 36.0 Å². The van der Waals surface area contributed by atoms with Crippen LogP contribution in [0.3, 0.4) is 0 Å². The minimum absolute atomic E-state index is 0.510. The Morgan fingerprint density at radius 1 is 1.27 bits per heavy atom. The maximum absolute atomic E-state index is 11.6. The smallest absolute Gasteiger partial charge is 0.328 e. The molecule has 0 fully saturated rings. The summed E-state index contributed by atoms with van der Waals surface area (Å²) in [5, 5.41) is 11.4. The summed E-state index contributed by atoms with van der Waals surface area (Å²) in [6.07, 6.45) is -1.62. The maximum atomic E-state index is 11.6. The zero-order chi connectivity index (χ0) is 11.8. The minimum Gasteiger partial charge on any atom is -0.478 e. The average molecular weight is 222 g/mol. The molecule has 0 aromatic rings. The molecule has 0 spiro atoms. The van der Waals surface area contributed by atoms with Crippen LogP contribution in [-0.2, 0) is 9.59 Å². The molecule has 0 heterocycles. The molecule has 0 aromatic carbocycles. The van der Waals surface area contributed by atoms with Crippen molar-refractivity contribution in [2.45, 2.75) is 6.43 Å². The largest absolute Gasteiger partial charge is 0.478 e. The molecule has 0 unspecified atom stereocenters. The molecule has 3 amide bonds. The van der Waals surface area contributed by atoms with Crippen LogP contribution >= 0.6 is 0 Å². The summed E-state index contributed by atoms with van der Waals surface area (Å²) in [6, 6.07) is -1.12. The van der Waals surface area contributed by atoms with Gasteiger partial charge in [0.2, 0.25) is 0 Å². The van der Waals surface area contributed by atoms with E-state index in [9.17, 15) is 23.2 Å². The van der Waals surface area contributed by atoms with Crippen LogP contribution in [0.5, 0.6) is 0 Å². The molecule has 0 aliphatic rings. The van der Waals surface area contributed by atoms with Crippen molar-refractivity contribution in [2.24, 2.45) is 0 Å². The number of carbonyl (C=O) groups is 3. The number of alkyl halides is 2. The number of rotatable bonds is 4. The fourth-order valence-corrected chi connectivity index (χ4v) is 0.515. The molecule has 0 bridgehead atoms. The third-order valence-electron chi connectivity index (χ3n) is 1.03. The lowest BCUT2D eigenvalue weighted by Crippen LogP contribution is -2.40. The second kappa shape index (κ2) is 6.46. The quantitative estimate of drug-likeness (QED) is 0.570. The average Bonchev–Trinajstić information content (AvgIpc) is 2.11. The first-order valence-corrected chi connectivity index (χ1v) is 3.69. The van der Waals surface area contributed by atoms with Crippen molar-refractivity contribution in [1.29, 1.82) is 0 Å². The van der Waals surface area contributed by atoms with Gasteiger partial charge in [-0.3, -0.25) is 10.1 Å². The zero-order valence-electron chi connectivity index (χ0n) is 7.37. The van der Waals surface area contributed by atoms with E-state index in [-0.39, 0.29) is 0 Å². The van der Waals surface area contributed by atoms with Gasteiger partial charge in [0.05, 0.1) is 6.54 Å². The van der Waals surface area contributed by atoms with E-state index in [1.54, 1.807) is 10.6 Å². The van der Waals surface area contributed by atoms with Gasteiger partial charge >= 0.3 is 12.0 Å². The molecule has 3 N–H and O–H groups in total. The Labute approximate surface area is 82.9 Å². The Bertz CT molecular complexity index is 291. The van der Waals surface area contributed by atoms with Crippen molar-refractivity contribution in [2.75, 3.05) is 6.54 Å². The van der Waals surface area contributed by atoms with Crippen LogP contribution in [0.1, 0.15) is 0 Å². The lowest BCUT2D eigenvalue weighted by Gasteiger charge is -2.03. The first-order valence-electron chi connectivity index (χ1n) is 3.69. The minimum atomic E-state index is -2.72. The number of carboxylic acids is 1. The summed E-state index contributed by atoms with van der Waals surface area (Å²) in [4.78, 5) is 31.3. The molecule has 0 aliphatic carbocycles. The van der Waals surface area contributed by atoms with E-state index >= 15 is 0 Å². The number of urea groups is 1. The number of hydrogen-bond acceptors (Lipinski definition) is 3. The van der Waals surface area contributed by atoms with Gasteiger partial charge < -0.3 is 10.4 Å². The molecule has 0 saturated heterocycles. The van der Waals surface area contributed by atoms with Crippen molar-refractivity contribution in [3.63, 3.8) is 0 Å². The lowest BCUT2D eigenvalue weighted by molar-refractivity contribution is -0.131. The molecule has 0 rings (SSSR count). The van der Waals surface area contributed by atoms with Crippen molar-refractivity contribution < 1.29 is 28.3 Å². The van der Waals surface area contributed by atoms with Crippen molar-refractivity contribution in [3.8, 4) is 0 Å². The Hall–Kier alpha value is -1.99. The zero-order valence-corrected chi connectivity index (χ0v) is 7.37. The van der Waals surface area contributed by atoms with Crippen molar-refractivity contribution >= 4 is 17.9 Å². The summed E-state index contributed by atoms with van der Waals surface area (Å²) in [5.74, 6) is -2.37. The summed E-state index contributed by atoms with van der Waals surface area (Å²) in [7, 11) is 0. The van der Waals surface area contributed by atoms with Gasteiger partial charge in [-0.05, 0) is 0 Å². The lowest BCUT2D eigenvalue weighted by atomic mass is 10.5. The number of aliphatic carboxylic acids is 1. The van der Waals surface area contributed by atoms with E-state index in [4.69, 9.17) is 5.11 Å². The summed E-state index contributed by atoms with van der Waals surface area (Å²) in [6.45, 7) is -0.887. The summed E-state index contributed by atoms with van der Waals surface area (Å²) in [5.41, 5.74) is 0. The van der Waals surface area contributed by atoms with Crippen LogP contribution in [0.25, 0.3) is 0 Å². The number of halogens is 2. The fraction of sp³-hybridized carbons (Fsp3) is 0.286. The van der Waals surface area contributed by atoms with E-state index in [1.807, 2.05) is 0 Å². The van der Waals surface area contributed by atoms with Crippen LogP contribution in [0, 0.1) is 0 Å². The third kappa shape index (κ3) is 8.34. The number of carboxylic acid groups (broad SMARTS) is 1. The Kier molecular flexibility index (Phi) is 5.60. The second-order valence-corrected chi connectivity index (χ2v) is 2.26. The Morgan fingerprint density at radius 2 is 1.87 bits per heavy atom. The SMILES string of the molecule is O=C(O)/C=C/C(=O)NC(=O)NCC(F)F. The molecule has 0 atom stereocenters. The van der Waals surface area contributed by atoms with Gasteiger partial charge in [0.25, 0.3) is 12.3 Å². The van der Waals surface area contributed by atoms with E-state index < -0.39 is 30.9 Å². The first kappa shape index (κ1) is 13.0. The molecule has 84 valence electrons. The van der Waals surface area contributed by atoms with Gasteiger partial charge in [0.15, 0.2) is 0 Å². The highest BCUT2D eigenvalue weighted by atomic mass is 19.3. The van der Waals surface area contributed by atoms with Crippen molar-refractivity contribution in [1.82, 2.24) is 10.6 Å². The summed E-state index contributed by atoms with van der Waals surface area (Å²) >= 11 is 0. The number of imide groups is 1. The molecule has 6 nitrogen and oxygen atoms in total. The predicted molar refractivity (Wildman–Crippen MR) is 44.3 cm³/mol. The normalized spacial score (nSPS) is 10.3. The van der Waals surface area contributed by atoms with Crippen LogP contribution in [0.4, 0.5) is 13.6 Å². The Balaban J connectivity index is 3.87.